The maximum Gasteiger partial charge on any atom is 0.231 e. The van der Waals surface area contributed by atoms with Crippen LogP contribution in [0.25, 0.3) is 10.9 Å². The Morgan fingerprint density at radius 1 is 1.20 bits per heavy atom. The standard InChI is InChI=1S/C11H12N2O2/c1-12(2)13-4-3-8-5-10-11(6-9(8)13)15-7-14-10/h3-6H,7H2,1-2H3. The van der Waals surface area contributed by atoms with Crippen molar-refractivity contribution in [3.63, 3.8) is 0 Å². The summed E-state index contributed by atoms with van der Waals surface area (Å²) in [5.41, 5.74) is 1.13. The second kappa shape index (κ2) is 2.82. The van der Waals surface area contributed by atoms with Crippen molar-refractivity contribution in [1.29, 1.82) is 0 Å². The van der Waals surface area contributed by atoms with Crippen LogP contribution < -0.4 is 14.5 Å². The molecule has 15 heavy (non-hydrogen) atoms. The number of benzene rings is 1. The van der Waals surface area contributed by atoms with E-state index in [4.69, 9.17) is 9.47 Å². The lowest BCUT2D eigenvalue weighted by molar-refractivity contribution is 0.174. The van der Waals surface area contributed by atoms with E-state index in [1.165, 1.54) is 0 Å². The smallest absolute Gasteiger partial charge is 0.231 e. The molecule has 0 bridgehead atoms. The van der Waals surface area contributed by atoms with E-state index in [1.807, 2.05) is 37.4 Å². The molecular weight excluding hydrogens is 192 g/mol. The predicted molar refractivity (Wildman–Crippen MR) is 58.1 cm³/mol. The molecule has 2 heterocycles. The zero-order valence-electron chi connectivity index (χ0n) is 8.73. The minimum absolute atomic E-state index is 0.323. The summed E-state index contributed by atoms with van der Waals surface area (Å²) in [6.45, 7) is 0.323. The minimum Gasteiger partial charge on any atom is -0.454 e. The summed E-state index contributed by atoms with van der Waals surface area (Å²) in [4.78, 5) is 0. The summed E-state index contributed by atoms with van der Waals surface area (Å²) in [6, 6.07) is 6.09. The van der Waals surface area contributed by atoms with Gasteiger partial charge in [0.15, 0.2) is 11.5 Å². The van der Waals surface area contributed by atoms with Crippen LogP contribution in [0.1, 0.15) is 0 Å². The molecule has 78 valence electrons. The van der Waals surface area contributed by atoms with Crippen LogP contribution in [-0.4, -0.2) is 25.6 Å². The van der Waals surface area contributed by atoms with Crippen molar-refractivity contribution in [3.05, 3.63) is 24.4 Å². The van der Waals surface area contributed by atoms with E-state index in [2.05, 4.69) is 10.7 Å². The van der Waals surface area contributed by atoms with Crippen LogP contribution in [0.5, 0.6) is 11.5 Å². The summed E-state index contributed by atoms with van der Waals surface area (Å²) in [6.07, 6.45) is 2.03. The third kappa shape index (κ3) is 1.14. The third-order valence-corrected chi connectivity index (χ3v) is 2.59. The van der Waals surface area contributed by atoms with Crippen LogP contribution in [-0.2, 0) is 0 Å². The van der Waals surface area contributed by atoms with Gasteiger partial charge >= 0.3 is 0 Å². The van der Waals surface area contributed by atoms with Gasteiger partial charge in [0.1, 0.15) is 0 Å². The Labute approximate surface area is 87.6 Å². The predicted octanol–water partition coefficient (Wildman–Crippen LogP) is 1.57. The van der Waals surface area contributed by atoms with E-state index in [0.29, 0.717) is 6.79 Å². The molecule has 0 saturated heterocycles. The fraction of sp³-hybridized carbons (Fsp3) is 0.273. The van der Waals surface area contributed by atoms with E-state index in [9.17, 15) is 0 Å². The molecule has 0 unspecified atom stereocenters. The molecule has 0 aliphatic carbocycles. The highest BCUT2D eigenvalue weighted by molar-refractivity contribution is 5.84. The van der Waals surface area contributed by atoms with Gasteiger partial charge in [-0.2, -0.15) is 0 Å². The molecule has 0 amide bonds. The van der Waals surface area contributed by atoms with Crippen molar-refractivity contribution in [1.82, 2.24) is 4.68 Å². The average molecular weight is 204 g/mol. The second-order valence-electron chi connectivity index (χ2n) is 3.77. The fourth-order valence-electron chi connectivity index (χ4n) is 1.86. The van der Waals surface area contributed by atoms with E-state index >= 15 is 0 Å². The van der Waals surface area contributed by atoms with E-state index in [1.54, 1.807) is 0 Å². The van der Waals surface area contributed by atoms with Crippen LogP contribution in [0.3, 0.4) is 0 Å². The SMILES string of the molecule is CN(C)n1ccc2cc3c(cc21)OCO3. The molecule has 1 aromatic carbocycles. The number of ether oxygens (including phenoxy) is 2. The van der Waals surface area contributed by atoms with E-state index in [0.717, 1.165) is 22.4 Å². The first-order valence-electron chi connectivity index (χ1n) is 4.84. The Balaban J connectivity index is 2.27. The Morgan fingerprint density at radius 2 is 1.93 bits per heavy atom. The summed E-state index contributed by atoms with van der Waals surface area (Å²) < 4.78 is 12.8. The Bertz CT molecular complexity index is 517. The quantitative estimate of drug-likeness (QED) is 0.705. The maximum absolute atomic E-state index is 5.36. The minimum atomic E-state index is 0.323. The van der Waals surface area contributed by atoms with Gasteiger partial charge in [-0.25, -0.2) is 0 Å². The number of hydrogen-bond acceptors (Lipinski definition) is 3. The van der Waals surface area contributed by atoms with Crippen LogP contribution in [0.4, 0.5) is 0 Å². The van der Waals surface area contributed by atoms with Gasteiger partial charge in [-0.05, 0) is 12.1 Å². The van der Waals surface area contributed by atoms with Crippen LogP contribution in [0.15, 0.2) is 24.4 Å². The molecule has 1 aliphatic heterocycles. The lowest BCUT2D eigenvalue weighted by Gasteiger charge is -2.15. The molecule has 0 saturated carbocycles. The van der Waals surface area contributed by atoms with Gasteiger partial charge in [0.05, 0.1) is 5.52 Å². The first-order valence-corrected chi connectivity index (χ1v) is 4.84. The Kier molecular flexibility index (Phi) is 1.59. The van der Waals surface area contributed by atoms with Crippen LogP contribution >= 0.6 is 0 Å². The highest BCUT2D eigenvalue weighted by atomic mass is 16.7. The normalized spacial score (nSPS) is 13.5. The van der Waals surface area contributed by atoms with Gasteiger partial charge in [-0.1, -0.05) is 0 Å². The fourth-order valence-corrected chi connectivity index (χ4v) is 1.86. The van der Waals surface area contributed by atoms with Crippen molar-refractivity contribution in [3.8, 4) is 11.5 Å². The van der Waals surface area contributed by atoms with Crippen molar-refractivity contribution >= 4 is 10.9 Å². The summed E-state index contributed by atoms with van der Waals surface area (Å²) in [5.74, 6) is 1.66. The van der Waals surface area contributed by atoms with Gasteiger partial charge in [0, 0.05) is 31.7 Å². The molecule has 1 aromatic heterocycles. The lowest BCUT2D eigenvalue weighted by Crippen LogP contribution is -2.23. The van der Waals surface area contributed by atoms with Gasteiger partial charge in [-0.3, -0.25) is 4.68 Å². The first-order chi connectivity index (χ1) is 7.25. The van der Waals surface area contributed by atoms with Crippen molar-refractivity contribution < 1.29 is 9.47 Å². The topological polar surface area (TPSA) is 26.6 Å². The van der Waals surface area contributed by atoms with Crippen LogP contribution in [0.2, 0.25) is 0 Å². The van der Waals surface area contributed by atoms with Gasteiger partial charge in [-0.15, -0.1) is 0 Å². The van der Waals surface area contributed by atoms with Gasteiger partial charge in [0.25, 0.3) is 0 Å². The van der Waals surface area contributed by atoms with Gasteiger partial charge < -0.3 is 14.5 Å². The molecule has 3 rings (SSSR count). The number of hydrogen-bond donors (Lipinski definition) is 0. The molecule has 0 radical (unpaired) electrons. The highest BCUT2D eigenvalue weighted by Gasteiger charge is 2.15. The van der Waals surface area contributed by atoms with Crippen molar-refractivity contribution in [2.24, 2.45) is 0 Å². The summed E-state index contributed by atoms with van der Waals surface area (Å²) in [7, 11) is 4.01. The maximum atomic E-state index is 5.36. The zero-order chi connectivity index (χ0) is 10.4. The summed E-state index contributed by atoms with van der Waals surface area (Å²) in [5, 5.41) is 3.18. The average Bonchev–Trinajstić information content (AvgIpc) is 2.77. The lowest BCUT2D eigenvalue weighted by atomic mass is 10.2. The van der Waals surface area contributed by atoms with E-state index in [-0.39, 0.29) is 0 Å². The molecule has 0 fully saturated rings. The molecule has 4 nitrogen and oxygen atoms in total. The first kappa shape index (κ1) is 8.47. The molecule has 0 atom stereocenters. The molecule has 0 spiro atoms. The molecule has 0 N–H and O–H groups in total. The number of fused-ring (bicyclic) bond motifs is 2. The van der Waals surface area contributed by atoms with Crippen molar-refractivity contribution in [2.75, 3.05) is 25.9 Å². The Hall–Kier alpha value is -1.84. The molecule has 1 aliphatic rings. The number of aromatic nitrogens is 1. The highest BCUT2D eigenvalue weighted by Crippen LogP contribution is 2.36. The van der Waals surface area contributed by atoms with Crippen molar-refractivity contribution in [2.45, 2.75) is 0 Å². The molecule has 2 aromatic rings. The monoisotopic (exact) mass is 204 g/mol. The Morgan fingerprint density at radius 3 is 2.67 bits per heavy atom. The van der Waals surface area contributed by atoms with E-state index < -0.39 is 0 Å². The van der Waals surface area contributed by atoms with Gasteiger partial charge in [0.2, 0.25) is 6.79 Å². The molecular formula is C11H12N2O2. The van der Waals surface area contributed by atoms with Crippen LogP contribution in [0, 0.1) is 0 Å². The largest absolute Gasteiger partial charge is 0.454 e. The number of nitrogens with zero attached hydrogens (tertiary/aromatic N) is 2. The third-order valence-electron chi connectivity index (χ3n) is 2.59. The molecule has 4 heteroatoms. The number of rotatable bonds is 1. The second-order valence-corrected chi connectivity index (χ2v) is 3.77. The summed E-state index contributed by atoms with van der Waals surface area (Å²) >= 11 is 0. The zero-order valence-corrected chi connectivity index (χ0v) is 8.73.